The smallest absolute Gasteiger partial charge is 0.331 e. The number of rotatable bonds is 2. The Hall–Kier alpha value is -2.99. The van der Waals surface area contributed by atoms with Gasteiger partial charge in [-0.25, -0.2) is 4.79 Å². The number of esters is 1. The minimum atomic E-state index is -1.60. The van der Waals surface area contributed by atoms with E-state index >= 15 is 0 Å². The Morgan fingerprint density at radius 3 is 2.63 bits per heavy atom. The van der Waals surface area contributed by atoms with Crippen molar-refractivity contribution < 1.29 is 24.2 Å². The van der Waals surface area contributed by atoms with Crippen LogP contribution in [-0.4, -0.2) is 40.5 Å². The molecule has 0 unspecified atom stereocenters. The molecule has 186 valence electrons. The zero-order valence-corrected chi connectivity index (χ0v) is 20.5. The van der Waals surface area contributed by atoms with Crippen molar-refractivity contribution in [3.8, 4) is 0 Å². The van der Waals surface area contributed by atoms with Crippen LogP contribution in [-0.2, 0) is 25.5 Å². The highest BCUT2D eigenvalue weighted by atomic mass is 16.6. The van der Waals surface area contributed by atoms with Crippen molar-refractivity contribution in [2.24, 2.45) is 23.7 Å². The standard InChI is InChI=1S/C29H35NO5/c1-18-9-7-13-22(31)15-16-25(32)35-29-23(14-8-10-18)27(33)20(3)19(2)26(29)24(30-28(29)34)17-21-11-5-4-6-12-21/h4-6,8,11-12,14-16,18-19,23-24,26-27,33H,3,7,9-10,13,17H2,1-2H3,(H,30,34)/b14-8+,16-15+/t18-,19-,23+,24+,26+,27-,29+/m1/s1. The second-order valence-electron chi connectivity index (χ2n) is 10.3. The van der Waals surface area contributed by atoms with Gasteiger partial charge in [0.2, 0.25) is 5.60 Å². The van der Waals surface area contributed by atoms with Crippen LogP contribution in [0.3, 0.4) is 0 Å². The Morgan fingerprint density at radius 2 is 1.89 bits per heavy atom. The van der Waals surface area contributed by atoms with Crippen molar-refractivity contribution in [1.82, 2.24) is 5.32 Å². The second kappa shape index (κ2) is 10.3. The summed E-state index contributed by atoms with van der Waals surface area (Å²) in [5, 5.41) is 14.4. The van der Waals surface area contributed by atoms with E-state index in [4.69, 9.17) is 4.74 Å². The summed E-state index contributed by atoms with van der Waals surface area (Å²) in [5.74, 6) is -2.46. The number of carbonyl (C=O) groups is 3. The first-order chi connectivity index (χ1) is 16.7. The van der Waals surface area contributed by atoms with Crippen LogP contribution in [0.4, 0.5) is 0 Å². The zero-order valence-electron chi connectivity index (χ0n) is 20.5. The Kier molecular flexibility index (Phi) is 7.41. The van der Waals surface area contributed by atoms with Gasteiger partial charge < -0.3 is 15.2 Å². The molecule has 1 amide bonds. The third kappa shape index (κ3) is 4.90. The number of hydrogen-bond acceptors (Lipinski definition) is 5. The molecule has 1 saturated heterocycles. The third-order valence-corrected chi connectivity index (χ3v) is 7.91. The lowest BCUT2D eigenvalue weighted by molar-refractivity contribution is -0.182. The molecule has 2 aliphatic heterocycles. The van der Waals surface area contributed by atoms with Gasteiger partial charge >= 0.3 is 5.97 Å². The summed E-state index contributed by atoms with van der Waals surface area (Å²) in [6.45, 7) is 8.21. The Bertz CT molecular complexity index is 1040. The number of ketones is 1. The van der Waals surface area contributed by atoms with Crippen LogP contribution in [0, 0.1) is 23.7 Å². The van der Waals surface area contributed by atoms with Gasteiger partial charge in [-0.2, -0.15) is 0 Å². The maximum Gasteiger partial charge on any atom is 0.331 e. The maximum atomic E-state index is 13.7. The molecular weight excluding hydrogens is 442 g/mol. The van der Waals surface area contributed by atoms with Crippen LogP contribution in [0.1, 0.15) is 45.1 Å². The molecule has 1 aromatic carbocycles. The van der Waals surface area contributed by atoms with E-state index in [1.165, 1.54) is 6.08 Å². The number of benzene rings is 1. The zero-order chi connectivity index (χ0) is 25.2. The van der Waals surface area contributed by atoms with Crippen LogP contribution in [0.2, 0.25) is 0 Å². The van der Waals surface area contributed by atoms with Crippen molar-refractivity contribution in [3.05, 3.63) is 72.4 Å². The summed E-state index contributed by atoms with van der Waals surface area (Å²) in [5.41, 5.74) is 0.0801. The average Bonchev–Trinajstić information content (AvgIpc) is 3.09. The molecule has 0 bridgehead atoms. The van der Waals surface area contributed by atoms with E-state index in [9.17, 15) is 19.5 Å². The molecule has 6 heteroatoms. The molecule has 7 atom stereocenters. The topological polar surface area (TPSA) is 92.7 Å². The fourth-order valence-corrected chi connectivity index (χ4v) is 6.00. The number of aliphatic hydroxyl groups is 1. The normalized spacial score (nSPS) is 37.9. The number of amides is 1. The molecule has 1 spiro atoms. The first-order valence-corrected chi connectivity index (χ1v) is 12.6. The van der Waals surface area contributed by atoms with Crippen molar-refractivity contribution in [3.63, 3.8) is 0 Å². The van der Waals surface area contributed by atoms with Gasteiger partial charge in [-0.05, 0) is 54.7 Å². The highest BCUT2D eigenvalue weighted by molar-refractivity contribution is 5.98. The van der Waals surface area contributed by atoms with Gasteiger partial charge in [0.25, 0.3) is 5.91 Å². The number of allylic oxidation sites excluding steroid dienone is 2. The summed E-state index contributed by atoms with van der Waals surface area (Å²) in [7, 11) is 0. The van der Waals surface area contributed by atoms with E-state index < -0.39 is 35.4 Å². The van der Waals surface area contributed by atoms with Crippen molar-refractivity contribution in [2.75, 3.05) is 0 Å². The van der Waals surface area contributed by atoms with E-state index in [0.29, 0.717) is 24.3 Å². The number of hydrogen-bond donors (Lipinski definition) is 2. The van der Waals surface area contributed by atoms with Gasteiger partial charge in [-0.1, -0.05) is 62.9 Å². The van der Waals surface area contributed by atoms with Gasteiger partial charge in [0.15, 0.2) is 5.78 Å². The Morgan fingerprint density at radius 1 is 1.14 bits per heavy atom. The van der Waals surface area contributed by atoms with E-state index in [1.807, 2.05) is 49.4 Å². The van der Waals surface area contributed by atoms with Crippen molar-refractivity contribution in [2.45, 2.75) is 63.7 Å². The molecule has 0 aromatic heterocycles. The number of carbonyl (C=O) groups excluding carboxylic acids is 3. The van der Waals surface area contributed by atoms with Gasteiger partial charge in [0.1, 0.15) is 0 Å². The number of nitrogens with one attached hydrogen (secondary N) is 1. The van der Waals surface area contributed by atoms with Crippen molar-refractivity contribution in [1.29, 1.82) is 0 Å². The molecule has 1 saturated carbocycles. The van der Waals surface area contributed by atoms with Gasteiger partial charge in [-0.15, -0.1) is 0 Å². The molecule has 2 N–H and O–H groups in total. The predicted octanol–water partition coefficient (Wildman–Crippen LogP) is 3.70. The van der Waals surface area contributed by atoms with E-state index in [-0.39, 0.29) is 17.7 Å². The lowest BCUT2D eigenvalue weighted by Gasteiger charge is -2.49. The Labute approximate surface area is 207 Å². The molecule has 1 aliphatic carbocycles. The quantitative estimate of drug-likeness (QED) is 0.501. The highest BCUT2D eigenvalue weighted by Crippen LogP contribution is 2.52. The van der Waals surface area contributed by atoms with Crippen LogP contribution < -0.4 is 5.32 Å². The summed E-state index contributed by atoms with van der Waals surface area (Å²) in [4.78, 5) is 38.9. The Balaban J connectivity index is 1.79. The monoisotopic (exact) mass is 477 g/mol. The van der Waals surface area contributed by atoms with Gasteiger partial charge in [0.05, 0.1) is 12.0 Å². The fourth-order valence-electron chi connectivity index (χ4n) is 6.00. The third-order valence-electron chi connectivity index (χ3n) is 7.91. The van der Waals surface area contributed by atoms with Crippen LogP contribution in [0.25, 0.3) is 0 Å². The van der Waals surface area contributed by atoms with Gasteiger partial charge in [0, 0.05) is 24.5 Å². The number of ether oxygens (including phenoxy) is 1. The summed E-state index contributed by atoms with van der Waals surface area (Å²) in [6, 6.07) is 9.53. The van der Waals surface area contributed by atoms with E-state index in [2.05, 4.69) is 18.8 Å². The van der Waals surface area contributed by atoms with E-state index in [1.54, 1.807) is 0 Å². The second-order valence-corrected chi connectivity index (χ2v) is 10.3. The van der Waals surface area contributed by atoms with Crippen molar-refractivity contribution >= 4 is 17.7 Å². The SMILES string of the molecule is C=C1[C@@H](C)[C@H]2[C@H](Cc3ccccc3)NC(=O)[C@@]23OC(=O)/C=C/C(=O)CCC[C@@H](C)C/C=C/[C@H]3[C@@H]1O. The molecular formula is C29H35NO5. The molecule has 3 aliphatic rings. The molecule has 0 radical (unpaired) electrons. The van der Waals surface area contributed by atoms with Crippen LogP contribution in [0.15, 0.2) is 66.8 Å². The maximum absolute atomic E-state index is 13.7. The van der Waals surface area contributed by atoms with Crippen LogP contribution >= 0.6 is 0 Å². The predicted molar refractivity (Wildman–Crippen MR) is 133 cm³/mol. The lowest BCUT2D eigenvalue weighted by atomic mass is 9.59. The molecule has 1 aromatic rings. The molecule has 35 heavy (non-hydrogen) atoms. The average molecular weight is 478 g/mol. The first-order valence-electron chi connectivity index (χ1n) is 12.6. The molecule has 2 heterocycles. The minimum absolute atomic E-state index is 0.143. The highest BCUT2D eigenvalue weighted by Gasteiger charge is 2.67. The lowest BCUT2D eigenvalue weighted by Crippen LogP contribution is -2.61. The van der Waals surface area contributed by atoms with Gasteiger partial charge in [-0.3, -0.25) is 9.59 Å². The first kappa shape index (κ1) is 25.1. The minimum Gasteiger partial charge on any atom is -0.445 e. The fraction of sp³-hybridized carbons (Fsp3) is 0.483. The molecule has 4 rings (SSSR count). The molecule has 6 nitrogen and oxygen atoms in total. The summed E-state index contributed by atoms with van der Waals surface area (Å²) >= 11 is 0. The largest absolute Gasteiger partial charge is 0.445 e. The number of aliphatic hydroxyl groups excluding tert-OH is 1. The van der Waals surface area contributed by atoms with E-state index in [0.717, 1.165) is 30.9 Å². The molecule has 2 fully saturated rings. The van der Waals surface area contributed by atoms with Crippen LogP contribution in [0.5, 0.6) is 0 Å². The summed E-state index contributed by atoms with van der Waals surface area (Å²) in [6.07, 6.45) is 8.39. The summed E-state index contributed by atoms with van der Waals surface area (Å²) < 4.78 is 6.01.